The Morgan fingerprint density at radius 3 is 2.69 bits per heavy atom. The number of aldehydes is 1. The molecular formula is C28H36N2O9. The largest absolute Gasteiger partial charge is 0.493 e. The second kappa shape index (κ2) is 12.7. The Hall–Kier alpha value is -3.28. The van der Waals surface area contributed by atoms with Crippen molar-refractivity contribution >= 4 is 23.9 Å². The number of benzene rings is 1. The van der Waals surface area contributed by atoms with E-state index in [1.165, 1.54) is 25.0 Å². The van der Waals surface area contributed by atoms with Gasteiger partial charge in [-0.3, -0.25) is 14.4 Å². The fraction of sp³-hybridized carbons (Fsp3) is 0.571. The quantitative estimate of drug-likeness (QED) is 0.326. The van der Waals surface area contributed by atoms with Crippen molar-refractivity contribution in [1.82, 2.24) is 10.2 Å². The molecule has 4 rings (SSSR count). The lowest BCUT2D eigenvalue weighted by molar-refractivity contribution is -0.139. The van der Waals surface area contributed by atoms with Crippen LogP contribution in [-0.2, 0) is 19.1 Å². The second-order valence-corrected chi connectivity index (χ2v) is 10.1. The Labute approximate surface area is 227 Å². The number of fused-ring (bicyclic) bond motifs is 3. The van der Waals surface area contributed by atoms with Crippen molar-refractivity contribution in [2.45, 2.75) is 69.3 Å². The molecule has 39 heavy (non-hydrogen) atoms. The molecule has 0 bridgehead atoms. The summed E-state index contributed by atoms with van der Waals surface area (Å²) in [6, 6.07) is 2.21. The highest BCUT2D eigenvalue weighted by atomic mass is 16.5. The first-order valence-electron chi connectivity index (χ1n) is 13.3. The van der Waals surface area contributed by atoms with Crippen molar-refractivity contribution < 1.29 is 43.6 Å². The summed E-state index contributed by atoms with van der Waals surface area (Å²) >= 11 is 0. The second-order valence-electron chi connectivity index (χ2n) is 10.1. The smallest absolute Gasteiger partial charge is 0.247 e. The monoisotopic (exact) mass is 544 g/mol. The molecule has 2 aliphatic heterocycles. The molecule has 2 heterocycles. The highest BCUT2D eigenvalue weighted by Crippen LogP contribution is 2.51. The van der Waals surface area contributed by atoms with Crippen LogP contribution in [-0.4, -0.2) is 96.8 Å². The summed E-state index contributed by atoms with van der Waals surface area (Å²) in [6.45, 7) is 2.01. The lowest BCUT2D eigenvalue weighted by Crippen LogP contribution is -2.57. The standard InChI is InChI=1S/C28H36N2O9/c1-16(33)5-3-7-23(34)30(14-18-6-4-10-38-18)21-13-20(28(36)29-8-9-31)24-19-11-17(15-32)12-22(37-2)26(19)39-27(24)25(21)35/h11-13,15,18,21,24-25,27,31,35H,3-10,14H2,1-2H3,(H,29,36)/t18-,21+,24-,25-,27-/m0/s1. The molecule has 0 spiro atoms. The molecule has 0 radical (unpaired) electrons. The first-order valence-corrected chi connectivity index (χ1v) is 13.3. The number of carbonyl (C=O) groups is 4. The average molecular weight is 545 g/mol. The first-order chi connectivity index (χ1) is 18.8. The molecule has 2 amide bonds. The van der Waals surface area contributed by atoms with Crippen molar-refractivity contribution in [3.63, 3.8) is 0 Å². The third kappa shape index (κ3) is 6.15. The van der Waals surface area contributed by atoms with E-state index in [9.17, 15) is 29.4 Å². The van der Waals surface area contributed by atoms with Crippen molar-refractivity contribution in [1.29, 1.82) is 0 Å². The summed E-state index contributed by atoms with van der Waals surface area (Å²) in [5, 5.41) is 23.6. The number of aliphatic hydroxyl groups is 2. The number of hydrogen-bond donors (Lipinski definition) is 3. The summed E-state index contributed by atoms with van der Waals surface area (Å²) in [5.41, 5.74) is 1.09. The molecule has 1 aliphatic carbocycles. The number of nitrogens with one attached hydrogen (secondary N) is 1. The van der Waals surface area contributed by atoms with Gasteiger partial charge in [0.15, 0.2) is 11.5 Å². The van der Waals surface area contributed by atoms with Gasteiger partial charge in [-0.25, -0.2) is 0 Å². The molecule has 3 aliphatic rings. The van der Waals surface area contributed by atoms with Gasteiger partial charge in [-0.1, -0.05) is 0 Å². The number of carbonyl (C=O) groups excluding carboxylic acids is 4. The fourth-order valence-corrected chi connectivity index (χ4v) is 5.59. The van der Waals surface area contributed by atoms with E-state index in [4.69, 9.17) is 14.2 Å². The van der Waals surface area contributed by atoms with Crippen LogP contribution in [0.15, 0.2) is 23.8 Å². The molecule has 11 heteroatoms. The normalized spacial score (nSPS) is 25.1. The summed E-state index contributed by atoms with van der Waals surface area (Å²) in [6.07, 6.45) is 2.20. The van der Waals surface area contributed by atoms with Crippen molar-refractivity contribution in [3.8, 4) is 11.5 Å². The highest BCUT2D eigenvalue weighted by Gasteiger charge is 2.51. The van der Waals surface area contributed by atoms with E-state index in [2.05, 4.69) is 5.32 Å². The van der Waals surface area contributed by atoms with Gasteiger partial charge < -0.3 is 39.4 Å². The summed E-state index contributed by atoms with van der Waals surface area (Å²) in [4.78, 5) is 51.4. The van der Waals surface area contributed by atoms with E-state index in [0.717, 1.165) is 12.8 Å². The van der Waals surface area contributed by atoms with Crippen LogP contribution in [0.2, 0.25) is 0 Å². The first kappa shape index (κ1) is 28.7. The van der Waals surface area contributed by atoms with E-state index in [1.54, 1.807) is 12.1 Å². The zero-order valence-electron chi connectivity index (χ0n) is 22.3. The van der Waals surface area contributed by atoms with Crippen LogP contribution < -0.4 is 14.8 Å². The Bertz CT molecular complexity index is 1130. The molecule has 3 N–H and O–H groups in total. The molecule has 0 saturated carbocycles. The summed E-state index contributed by atoms with van der Waals surface area (Å²) in [5.74, 6) is -0.897. The van der Waals surface area contributed by atoms with Crippen LogP contribution in [0.25, 0.3) is 0 Å². The molecule has 5 atom stereocenters. The number of nitrogens with zero attached hydrogens (tertiary/aromatic N) is 1. The lowest BCUT2D eigenvalue weighted by Gasteiger charge is -2.41. The Morgan fingerprint density at radius 1 is 1.26 bits per heavy atom. The summed E-state index contributed by atoms with van der Waals surface area (Å²) in [7, 11) is 1.43. The molecule has 1 aromatic rings. The predicted octanol–water partition coefficient (Wildman–Crippen LogP) is 0.897. The molecule has 0 unspecified atom stereocenters. The number of aliphatic hydroxyl groups excluding tert-OH is 2. The molecule has 212 valence electrons. The van der Waals surface area contributed by atoms with Crippen molar-refractivity contribution in [2.75, 3.05) is 33.4 Å². The maximum atomic E-state index is 13.5. The Balaban J connectivity index is 1.75. The minimum atomic E-state index is -1.22. The molecule has 1 aromatic carbocycles. The van der Waals surface area contributed by atoms with Crippen molar-refractivity contribution in [3.05, 3.63) is 34.9 Å². The topological polar surface area (TPSA) is 152 Å². The Kier molecular flexibility index (Phi) is 9.36. The van der Waals surface area contributed by atoms with E-state index in [-0.39, 0.29) is 55.9 Å². The van der Waals surface area contributed by atoms with Gasteiger partial charge in [0.25, 0.3) is 0 Å². The minimum Gasteiger partial charge on any atom is -0.493 e. The fourth-order valence-electron chi connectivity index (χ4n) is 5.59. The number of Topliss-reactive ketones (excluding diaryl/α,β-unsaturated/α-hetero) is 1. The van der Waals surface area contributed by atoms with Crippen LogP contribution in [0.1, 0.15) is 60.9 Å². The van der Waals surface area contributed by atoms with Gasteiger partial charge >= 0.3 is 0 Å². The highest BCUT2D eigenvalue weighted by molar-refractivity contribution is 5.96. The van der Waals surface area contributed by atoms with E-state index >= 15 is 0 Å². The number of methoxy groups -OCH3 is 1. The van der Waals surface area contributed by atoms with Gasteiger partial charge in [0.1, 0.15) is 24.3 Å². The van der Waals surface area contributed by atoms with Crippen molar-refractivity contribution in [2.24, 2.45) is 0 Å². The average Bonchev–Trinajstić information content (AvgIpc) is 3.58. The Morgan fingerprint density at radius 2 is 2.05 bits per heavy atom. The lowest BCUT2D eigenvalue weighted by atomic mass is 9.77. The number of ether oxygens (including phenoxy) is 3. The third-order valence-electron chi connectivity index (χ3n) is 7.43. The van der Waals surface area contributed by atoms with E-state index in [0.29, 0.717) is 41.9 Å². The predicted molar refractivity (Wildman–Crippen MR) is 139 cm³/mol. The van der Waals surface area contributed by atoms with Gasteiger partial charge in [0.05, 0.1) is 31.8 Å². The van der Waals surface area contributed by atoms with Gasteiger partial charge in [0.2, 0.25) is 11.8 Å². The van der Waals surface area contributed by atoms with Crippen LogP contribution >= 0.6 is 0 Å². The van der Waals surface area contributed by atoms with Gasteiger partial charge in [-0.2, -0.15) is 0 Å². The number of ketones is 1. The molecule has 1 fully saturated rings. The molecule has 1 saturated heterocycles. The minimum absolute atomic E-state index is 0.00972. The number of rotatable bonds is 12. The van der Waals surface area contributed by atoms with Crippen LogP contribution in [0.3, 0.4) is 0 Å². The zero-order valence-corrected chi connectivity index (χ0v) is 22.3. The molecule has 11 nitrogen and oxygen atoms in total. The molecular weight excluding hydrogens is 508 g/mol. The van der Waals surface area contributed by atoms with Crippen LogP contribution in [0.4, 0.5) is 0 Å². The maximum Gasteiger partial charge on any atom is 0.247 e. The van der Waals surface area contributed by atoms with Gasteiger partial charge in [-0.05, 0) is 44.4 Å². The van der Waals surface area contributed by atoms with E-state index in [1.807, 2.05) is 0 Å². The number of hydrogen-bond acceptors (Lipinski definition) is 9. The third-order valence-corrected chi connectivity index (χ3v) is 7.43. The van der Waals surface area contributed by atoms with Crippen LogP contribution in [0, 0.1) is 0 Å². The van der Waals surface area contributed by atoms with Gasteiger partial charge in [-0.15, -0.1) is 0 Å². The maximum absolute atomic E-state index is 13.5. The van der Waals surface area contributed by atoms with Crippen LogP contribution in [0.5, 0.6) is 11.5 Å². The molecule has 0 aromatic heterocycles. The number of amides is 2. The van der Waals surface area contributed by atoms with Gasteiger partial charge in [0, 0.05) is 49.2 Å². The summed E-state index contributed by atoms with van der Waals surface area (Å²) < 4.78 is 17.4. The van der Waals surface area contributed by atoms with E-state index < -0.39 is 30.1 Å². The zero-order chi connectivity index (χ0) is 28.1. The SMILES string of the molecule is COc1cc(C=O)cc2c1O[C@@H]1[C@@H](O)[C@H](N(C[C@@H]3CCCO3)C(=O)CCCC(C)=O)C=C(C(=O)NCCO)[C@H]21.